The molecule has 7 nitrogen and oxygen atoms in total. The fourth-order valence-electron chi connectivity index (χ4n) is 4.00. The van der Waals surface area contributed by atoms with Crippen LogP contribution in [0.15, 0.2) is 54.6 Å². The highest BCUT2D eigenvalue weighted by Crippen LogP contribution is 2.37. The number of carbonyl (C=O) groups is 2. The fraction of sp³-hybridized carbons (Fsp3) is 0.296. The van der Waals surface area contributed by atoms with Gasteiger partial charge in [-0.05, 0) is 61.1 Å². The molecule has 4 rings (SSSR count). The number of anilines is 1. The largest absolute Gasteiger partial charge is 0.497 e. The Balaban J connectivity index is 1.27. The molecule has 35 heavy (non-hydrogen) atoms. The van der Waals surface area contributed by atoms with E-state index < -0.39 is 0 Å². The molecular formula is C27H27N3O4S. The highest BCUT2D eigenvalue weighted by molar-refractivity contribution is 7.16. The fourth-order valence-corrected chi connectivity index (χ4v) is 5.21. The molecule has 180 valence electrons. The first kappa shape index (κ1) is 24.3. The molecule has 3 aromatic rings. The van der Waals surface area contributed by atoms with E-state index in [1.54, 1.807) is 36.3 Å². The van der Waals surface area contributed by atoms with Gasteiger partial charge < -0.3 is 19.7 Å². The van der Waals surface area contributed by atoms with Gasteiger partial charge in [-0.1, -0.05) is 30.3 Å². The molecule has 1 N–H and O–H groups in total. The lowest BCUT2D eigenvalue weighted by Gasteiger charge is -2.26. The van der Waals surface area contributed by atoms with Gasteiger partial charge >= 0.3 is 6.09 Å². The molecule has 0 fully saturated rings. The van der Waals surface area contributed by atoms with Gasteiger partial charge in [0.05, 0.1) is 25.8 Å². The second-order valence-corrected chi connectivity index (χ2v) is 9.34. The topological polar surface area (TPSA) is 91.7 Å². The van der Waals surface area contributed by atoms with Gasteiger partial charge in [-0.2, -0.15) is 5.26 Å². The third-order valence-corrected chi connectivity index (χ3v) is 7.07. The summed E-state index contributed by atoms with van der Waals surface area (Å²) < 4.78 is 10.7. The van der Waals surface area contributed by atoms with Crippen molar-refractivity contribution < 1.29 is 19.1 Å². The number of benzene rings is 2. The molecule has 2 aromatic carbocycles. The van der Waals surface area contributed by atoms with E-state index in [4.69, 9.17) is 9.47 Å². The monoisotopic (exact) mass is 489 g/mol. The van der Waals surface area contributed by atoms with Gasteiger partial charge in [0.2, 0.25) is 0 Å². The Morgan fingerprint density at radius 3 is 2.60 bits per heavy atom. The average molecular weight is 490 g/mol. The van der Waals surface area contributed by atoms with Crippen molar-refractivity contribution in [1.82, 2.24) is 4.90 Å². The van der Waals surface area contributed by atoms with Crippen molar-refractivity contribution in [2.24, 2.45) is 0 Å². The lowest BCUT2D eigenvalue weighted by atomic mass is 10.0. The summed E-state index contributed by atoms with van der Waals surface area (Å²) in [6.45, 7) is 1.22. The minimum absolute atomic E-state index is 0.258. The van der Waals surface area contributed by atoms with Crippen LogP contribution in [0.2, 0.25) is 0 Å². The van der Waals surface area contributed by atoms with Gasteiger partial charge in [0.25, 0.3) is 5.91 Å². The zero-order chi connectivity index (χ0) is 24.6. The first-order valence-electron chi connectivity index (χ1n) is 11.5. The summed E-state index contributed by atoms with van der Waals surface area (Å²) in [5.41, 5.74) is 3.15. The van der Waals surface area contributed by atoms with Gasteiger partial charge in [-0.25, -0.2) is 4.79 Å². The van der Waals surface area contributed by atoms with Crippen molar-refractivity contribution in [3.05, 3.63) is 81.7 Å². The van der Waals surface area contributed by atoms with Crippen molar-refractivity contribution in [3.63, 3.8) is 0 Å². The van der Waals surface area contributed by atoms with Crippen molar-refractivity contribution >= 4 is 28.3 Å². The zero-order valence-corrected chi connectivity index (χ0v) is 20.4. The SMILES string of the molecule is COc1ccc(CCCCOC(=O)N2CCc3c(sc(NC(=O)c4ccccc4)c3C#N)C2)cc1. The molecule has 1 aliphatic heterocycles. The summed E-state index contributed by atoms with van der Waals surface area (Å²) in [6, 6.07) is 19.1. The van der Waals surface area contributed by atoms with Crippen LogP contribution in [0.5, 0.6) is 5.75 Å². The summed E-state index contributed by atoms with van der Waals surface area (Å²) >= 11 is 1.35. The number of methoxy groups -OCH3 is 1. The number of amides is 2. The van der Waals surface area contributed by atoms with Crippen molar-refractivity contribution in [1.29, 1.82) is 5.26 Å². The van der Waals surface area contributed by atoms with Crippen molar-refractivity contribution in [2.45, 2.75) is 32.2 Å². The molecule has 0 atom stereocenters. The smallest absolute Gasteiger partial charge is 0.410 e. The summed E-state index contributed by atoms with van der Waals surface area (Å²) in [4.78, 5) is 27.7. The number of nitrogens with zero attached hydrogens (tertiary/aromatic N) is 2. The Morgan fingerprint density at radius 2 is 1.89 bits per heavy atom. The van der Waals surface area contributed by atoms with Gasteiger partial charge in [-0.15, -0.1) is 11.3 Å². The Kier molecular flexibility index (Phi) is 8.01. The highest BCUT2D eigenvalue weighted by atomic mass is 32.1. The maximum atomic E-state index is 12.6. The summed E-state index contributed by atoms with van der Waals surface area (Å²) in [5, 5.41) is 13.1. The Labute approximate surface area is 208 Å². The summed E-state index contributed by atoms with van der Waals surface area (Å²) in [5.74, 6) is 0.581. The van der Waals surface area contributed by atoms with E-state index in [1.807, 2.05) is 30.3 Å². The molecule has 0 aliphatic carbocycles. The number of ether oxygens (including phenoxy) is 2. The number of fused-ring (bicyclic) bond motifs is 1. The van der Waals surface area contributed by atoms with E-state index >= 15 is 0 Å². The molecule has 0 unspecified atom stereocenters. The van der Waals surface area contributed by atoms with Crippen molar-refractivity contribution in [3.8, 4) is 11.8 Å². The quantitative estimate of drug-likeness (QED) is 0.428. The standard InChI is InChI=1S/C27H27N3O4S/c1-33-21-12-10-19(11-13-21)7-5-6-16-34-27(32)30-15-14-22-23(17-28)26(35-24(22)18-30)29-25(31)20-8-3-2-4-9-20/h2-4,8-13H,5-7,14-16,18H2,1H3,(H,29,31). The Bertz CT molecular complexity index is 1220. The molecule has 1 aromatic heterocycles. The van der Waals surface area contributed by atoms with E-state index in [9.17, 15) is 14.9 Å². The van der Waals surface area contributed by atoms with Crippen LogP contribution in [-0.4, -0.2) is 37.2 Å². The summed E-state index contributed by atoms with van der Waals surface area (Å²) in [7, 11) is 1.65. The maximum Gasteiger partial charge on any atom is 0.410 e. The molecule has 1 aliphatic rings. The number of thiophene rings is 1. The lowest BCUT2D eigenvalue weighted by Crippen LogP contribution is -2.36. The lowest BCUT2D eigenvalue weighted by molar-refractivity contribution is 0.0967. The minimum Gasteiger partial charge on any atom is -0.497 e. The van der Waals surface area contributed by atoms with E-state index in [0.29, 0.717) is 42.2 Å². The van der Waals surface area contributed by atoms with E-state index in [0.717, 1.165) is 35.5 Å². The Morgan fingerprint density at radius 1 is 1.11 bits per heavy atom. The first-order valence-corrected chi connectivity index (χ1v) is 12.4. The third-order valence-electron chi connectivity index (χ3n) is 5.93. The molecule has 0 bridgehead atoms. The van der Waals surface area contributed by atoms with Crippen LogP contribution in [0.4, 0.5) is 9.80 Å². The highest BCUT2D eigenvalue weighted by Gasteiger charge is 2.28. The molecule has 0 radical (unpaired) electrons. The number of hydrogen-bond acceptors (Lipinski definition) is 6. The normalized spacial score (nSPS) is 12.4. The van der Waals surface area contributed by atoms with Gasteiger partial charge in [0, 0.05) is 17.0 Å². The van der Waals surface area contributed by atoms with Crippen LogP contribution in [0.1, 0.15) is 44.8 Å². The van der Waals surface area contributed by atoms with E-state index in [1.165, 1.54) is 16.9 Å². The van der Waals surface area contributed by atoms with Crippen LogP contribution in [0.25, 0.3) is 0 Å². The minimum atomic E-state index is -0.345. The Hall–Kier alpha value is -3.83. The molecule has 0 saturated carbocycles. The first-order chi connectivity index (χ1) is 17.1. The van der Waals surface area contributed by atoms with Gasteiger partial charge in [0.15, 0.2) is 0 Å². The van der Waals surface area contributed by atoms with Crippen LogP contribution < -0.4 is 10.1 Å². The average Bonchev–Trinajstić information content (AvgIpc) is 3.25. The molecule has 2 heterocycles. The number of carbonyl (C=O) groups excluding carboxylic acids is 2. The number of aryl methyl sites for hydroxylation is 1. The van der Waals surface area contributed by atoms with E-state index in [2.05, 4.69) is 11.4 Å². The van der Waals surface area contributed by atoms with Gasteiger partial charge in [-0.3, -0.25) is 4.79 Å². The third kappa shape index (κ3) is 6.00. The van der Waals surface area contributed by atoms with Crippen molar-refractivity contribution in [2.75, 3.05) is 25.6 Å². The van der Waals surface area contributed by atoms with E-state index in [-0.39, 0.29) is 12.0 Å². The second kappa shape index (κ2) is 11.5. The van der Waals surface area contributed by atoms with Crippen LogP contribution in [-0.2, 0) is 24.1 Å². The van der Waals surface area contributed by atoms with Gasteiger partial charge in [0.1, 0.15) is 16.8 Å². The summed E-state index contributed by atoms with van der Waals surface area (Å²) in [6.07, 6.45) is 2.83. The second-order valence-electron chi connectivity index (χ2n) is 8.23. The van der Waals surface area contributed by atoms with Crippen LogP contribution >= 0.6 is 11.3 Å². The molecule has 2 amide bonds. The predicted octanol–water partition coefficient (Wildman–Crippen LogP) is 5.40. The number of unbranched alkanes of at least 4 members (excludes halogenated alkanes) is 1. The molecule has 0 saturated heterocycles. The predicted molar refractivity (Wildman–Crippen MR) is 135 cm³/mol. The zero-order valence-electron chi connectivity index (χ0n) is 19.6. The number of nitriles is 1. The van der Waals surface area contributed by atoms with Crippen LogP contribution in [0, 0.1) is 11.3 Å². The number of nitrogens with one attached hydrogen (secondary N) is 1. The molecule has 0 spiro atoms. The maximum absolute atomic E-state index is 12.6. The number of hydrogen-bond donors (Lipinski definition) is 1. The molecular weight excluding hydrogens is 462 g/mol. The van der Waals surface area contributed by atoms with Crippen LogP contribution in [0.3, 0.4) is 0 Å². The molecule has 8 heteroatoms. The number of rotatable bonds is 8.